The molecule has 1 N–H and O–H groups in total. The number of imidazole rings is 1. The Morgan fingerprint density at radius 3 is 2.36 bits per heavy atom. The molecule has 0 radical (unpaired) electrons. The fraction of sp³-hybridized carbons (Fsp3) is 0.400. The van der Waals surface area contributed by atoms with Gasteiger partial charge in [0.25, 0.3) is 0 Å². The lowest BCUT2D eigenvalue weighted by atomic mass is 10.3. The molecule has 4 nitrogen and oxygen atoms in total. The first-order valence-corrected chi connectivity index (χ1v) is 4.59. The highest BCUT2D eigenvalue weighted by Gasteiger charge is 2.11. The van der Waals surface area contributed by atoms with Gasteiger partial charge in [0.15, 0.2) is 5.65 Å². The van der Waals surface area contributed by atoms with Gasteiger partial charge in [-0.2, -0.15) is 0 Å². The first-order valence-electron chi connectivity index (χ1n) is 4.59. The van der Waals surface area contributed by atoms with Gasteiger partial charge in [-0.3, -0.25) is 0 Å². The van der Waals surface area contributed by atoms with Gasteiger partial charge in [-0.05, 0) is 20.8 Å². The Bertz CT molecular complexity index is 473. The normalized spacial score (nSPS) is 13.4. The minimum absolute atomic E-state index is 0.584. The van der Waals surface area contributed by atoms with Crippen LogP contribution in [0.15, 0.2) is 12.4 Å². The van der Waals surface area contributed by atoms with Crippen LogP contribution in [0, 0.1) is 13.8 Å². The highest BCUT2D eigenvalue weighted by Crippen LogP contribution is 2.16. The minimum Gasteiger partial charge on any atom is -0.387 e. The van der Waals surface area contributed by atoms with Crippen LogP contribution in [0.4, 0.5) is 0 Å². The van der Waals surface area contributed by atoms with E-state index in [1.54, 1.807) is 6.92 Å². The number of nitrogens with zero attached hydrogens (tertiary/aromatic N) is 3. The summed E-state index contributed by atoms with van der Waals surface area (Å²) in [6.07, 6.45) is 3.25. The van der Waals surface area contributed by atoms with Gasteiger partial charge in [-0.15, -0.1) is 0 Å². The van der Waals surface area contributed by atoms with Crippen LogP contribution in [-0.4, -0.2) is 19.5 Å². The first-order chi connectivity index (χ1) is 6.58. The van der Waals surface area contributed by atoms with E-state index in [2.05, 4.69) is 9.97 Å². The van der Waals surface area contributed by atoms with Gasteiger partial charge < -0.3 is 9.51 Å². The number of aryl methyl sites for hydroxylation is 2. The summed E-state index contributed by atoms with van der Waals surface area (Å²) >= 11 is 0. The molecular formula is C10H13N3O. The molecule has 0 bridgehead atoms. The Labute approximate surface area is 82.2 Å². The molecule has 0 spiro atoms. The molecule has 0 aliphatic rings. The number of hydrogen-bond acceptors (Lipinski definition) is 3. The number of aliphatic hydroxyl groups excluding tert-OH is 1. The van der Waals surface area contributed by atoms with Crippen molar-refractivity contribution in [1.29, 1.82) is 0 Å². The second-order valence-electron chi connectivity index (χ2n) is 3.56. The number of aromatic nitrogens is 3. The van der Waals surface area contributed by atoms with Crippen molar-refractivity contribution in [2.45, 2.75) is 26.9 Å². The van der Waals surface area contributed by atoms with E-state index in [1.165, 1.54) is 0 Å². The zero-order chi connectivity index (χ0) is 10.3. The Morgan fingerprint density at radius 2 is 1.79 bits per heavy atom. The molecular weight excluding hydrogens is 178 g/mol. The topological polar surface area (TPSA) is 50.4 Å². The molecule has 0 aliphatic heterocycles. The Morgan fingerprint density at radius 1 is 1.21 bits per heavy atom. The fourth-order valence-electron chi connectivity index (χ4n) is 1.55. The van der Waals surface area contributed by atoms with Gasteiger partial charge in [-0.1, -0.05) is 0 Å². The van der Waals surface area contributed by atoms with E-state index in [9.17, 15) is 5.11 Å². The third-order valence-corrected chi connectivity index (χ3v) is 2.10. The van der Waals surface area contributed by atoms with Gasteiger partial charge >= 0.3 is 0 Å². The number of rotatable bonds is 1. The minimum atomic E-state index is -0.584. The van der Waals surface area contributed by atoms with Gasteiger partial charge in [0.2, 0.25) is 0 Å². The molecule has 0 fully saturated rings. The summed E-state index contributed by atoms with van der Waals surface area (Å²) < 4.78 is 1.90. The monoisotopic (exact) mass is 191 g/mol. The molecule has 4 heteroatoms. The fourth-order valence-corrected chi connectivity index (χ4v) is 1.55. The average Bonchev–Trinajstić information content (AvgIpc) is 2.42. The smallest absolute Gasteiger partial charge is 0.161 e. The van der Waals surface area contributed by atoms with E-state index in [-0.39, 0.29) is 0 Å². The predicted octanol–water partition coefficient (Wildman–Crippen LogP) is 1.40. The second-order valence-corrected chi connectivity index (χ2v) is 3.56. The molecule has 1 unspecified atom stereocenters. The van der Waals surface area contributed by atoms with Crippen LogP contribution < -0.4 is 0 Å². The van der Waals surface area contributed by atoms with Crippen molar-refractivity contribution in [1.82, 2.24) is 14.4 Å². The standard InChI is InChI=1S/C10H13N3O/c1-6-4-13-5-7(2)12-10(13)9(11-6)8(3)14/h4-5,8,14H,1-3H3. The number of aliphatic hydroxyl groups is 1. The molecule has 0 amide bonds. The van der Waals surface area contributed by atoms with Crippen molar-refractivity contribution in [2.24, 2.45) is 0 Å². The lowest BCUT2D eigenvalue weighted by Crippen LogP contribution is -2.02. The third-order valence-electron chi connectivity index (χ3n) is 2.10. The Hall–Kier alpha value is -1.42. The van der Waals surface area contributed by atoms with Crippen LogP contribution in [0.3, 0.4) is 0 Å². The van der Waals surface area contributed by atoms with Crippen molar-refractivity contribution in [3.05, 3.63) is 29.5 Å². The van der Waals surface area contributed by atoms with E-state index in [1.807, 2.05) is 30.6 Å². The maximum absolute atomic E-state index is 9.54. The first kappa shape index (κ1) is 9.15. The summed E-state index contributed by atoms with van der Waals surface area (Å²) in [4.78, 5) is 8.60. The van der Waals surface area contributed by atoms with Crippen LogP contribution >= 0.6 is 0 Å². The summed E-state index contributed by atoms with van der Waals surface area (Å²) in [7, 11) is 0. The molecule has 14 heavy (non-hydrogen) atoms. The van der Waals surface area contributed by atoms with Crippen LogP contribution in [-0.2, 0) is 0 Å². The average molecular weight is 191 g/mol. The maximum Gasteiger partial charge on any atom is 0.161 e. The van der Waals surface area contributed by atoms with E-state index in [0.29, 0.717) is 5.69 Å². The molecule has 2 aromatic rings. The zero-order valence-electron chi connectivity index (χ0n) is 8.52. The van der Waals surface area contributed by atoms with Crippen LogP contribution in [0.5, 0.6) is 0 Å². The molecule has 1 atom stereocenters. The lowest BCUT2D eigenvalue weighted by Gasteiger charge is -2.06. The third kappa shape index (κ3) is 1.37. The molecule has 2 aromatic heterocycles. The van der Waals surface area contributed by atoms with Crippen LogP contribution in [0.25, 0.3) is 5.65 Å². The maximum atomic E-state index is 9.54. The zero-order valence-corrected chi connectivity index (χ0v) is 8.52. The summed E-state index contributed by atoms with van der Waals surface area (Å²) in [5, 5.41) is 9.54. The summed E-state index contributed by atoms with van der Waals surface area (Å²) in [6.45, 7) is 5.53. The van der Waals surface area contributed by atoms with Gasteiger partial charge in [-0.25, -0.2) is 9.97 Å². The molecule has 2 rings (SSSR count). The highest BCUT2D eigenvalue weighted by molar-refractivity contribution is 5.46. The quantitative estimate of drug-likeness (QED) is 0.741. The van der Waals surface area contributed by atoms with Crippen LogP contribution in [0.1, 0.15) is 30.1 Å². The van der Waals surface area contributed by atoms with Crippen molar-refractivity contribution in [2.75, 3.05) is 0 Å². The van der Waals surface area contributed by atoms with E-state index in [0.717, 1.165) is 17.0 Å². The molecule has 0 saturated carbocycles. The Kier molecular flexibility index (Phi) is 2.00. The van der Waals surface area contributed by atoms with Crippen LogP contribution in [0.2, 0.25) is 0 Å². The Balaban J connectivity index is 2.79. The van der Waals surface area contributed by atoms with Gasteiger partial charge in [0, 0.05) is 12.4 Å². The van der Waals surface area contributed by atoms with Crippen molar-refractivity contribution in [3.63, 3.8) is 0 Å². The van der Waals surface area contributed by atoms with E-state index < -0.39 is 6.10 Å². The summed E-state index contributed by atoms with van der Waals surface area (Å²) in [5.74, 6) is 0. The lowest BCUT2D eigenvalue weighted by molar-refractivity contribution is 0.195. The van der Waals surface area contributed by atoms with E-state index in [4.69, 9.17) is 0 Å². The summed E-state index contributed by atoms with van der Waals surface area (Å²) in [5.41, 5.74) is 3.19. The SMILES string of the molecule is Cc1cn2cc(C)nc2c(C(C)O)n1. The van der Waals surface area contributed by atoms with E-state index >= 15 is 0 Å². The molecule has 2 heterocycles. The number of hydrogen-bond donors (Lipinski definition) is 1. The van der Waals surface area contributed by atoms with Crippen molar-refractivity contribution in [3.8, 4) is 0 Å². The molecule has 0 saturated heterocycles. The molecule has 74 valence electrons. The number of fused-ring (bicyclic) bond motifs is 1. The van der Waals surface area contributed by atoms with Gasteiger partial charge in [0.05, 0.1) is 17.5 Å². The highest BCUT2D eigenvalue weighted by atomic mass is 16.3. The predicted molar refractivity (Wildman–Crippen MR) is 53.1 cm³/mol. The van der Waals surface area contributed by atoms with Crippen molar-refractivity contribution >= 4 is 5.65 Å². The van der Waals surface area contributed by atoms with Gasteiger partial charge in [0.1, 0.15) is 5.69 Å². The largest absolute Gasteiger partial charge is 0.387 e. The van der Waals surface area contributed by atoms with Crippen molar-refractivity contribution < 1.29 is 5.11 Å². The molecule has 0 aromatic carbocycles. The molecule has 0 aliphatic carbocycles. The summed E-state index contributed by atoms with van der Waals surface area (Å²) in [6, 6.07) is 0. The second kappa shape index (κ2) is 3.06.